The minimum Gasteiger partial charge on any atom is -0.493 e. The number of methoxy groups -OCH3 is 2. The molecule has 0 aliphatic carbocycles. The van der Waals surface area contributed by atoms with Gasteiger partial charge in [0.2, 0.25) is 11.8 Å². The fourth-order valence-corrected chi connectivity index (χ4v) is 3.37. The van der Waals surface area contributed by atoms with Crippen LogP contribution in [0.5, 0.6) is 11.5 Å². The van der Waals surface area contributed by atoms with Crippen LogP contribution >= 0.6 is 0 Å². The molecule has 168 valence electrons. The van der Waals surface area contributed by atoms with Crippen molar-refractivity contribution in [1.29, 1.82) is 0 Å². The lowest BCUT2D eigenvalue weighted by molar-refractivity contribution is -0.133. The topological polar surface area (TPSA) is 126 Å². The second-order valence-corrected chi connectivity index (χ2v) is 7.32. The lowest BCUT2D eigenvalue weighted by Gasteiger charge is -2.23. The largest absolute Gasteiger partial charge is 0.493 e. The Morgan fingerprint density at radius 2 is 1.56 bits per heavy atom. The highest BCUT2D eigenvalue weighted by atomic mass is 16.5. The van der Waals surface area contributed by atoms with Crippen LogP contribution in [0.2, 0.25) is 0 Å². The summed E-state index contributed by atoms with van der Waals surface area (Å²) in [5.74, 6) is -0.425. The Morgan fingerprint density at radius 3 is 2.12 bits per heavy atom. The molecule has 1 saturated heterocycles. The van der Waals surface area contributed by atoms with Crippen LogP contribution in [0.4, 0.5) is 16.2 Å². The quantitative estimate of drug-likeness (QED) is 0.566. The first-order valence-corrected chi connectivity index (χ1v) is 9.72. The van der Waals surface area contributed by atoms with E-state index in [0.717, 1.165) is 4.90 Å². The minimum atomic E-state index is -1.36. The van der Waals surface area contributed by atoms with E-state index < -0.39 is 29.9 Å². The van der Waals surface area contributed by atoms with Crippen molar-refractivity contribution in [2.75, 3.05) is 31.4 Å². The predicted molar refractivity (Wildman–Crippen MR) is 117 cm³/mol. The molecule has 1 fully saturated rings. The molecule has 5 amide bonds. The number of nitrogens with zero attached hydrogens (tertiary/aromatic N) is 1. The molecule has 0 bridgehead atoms. The molecule has 2 aromatic rings. The monoisotopic (exact) mass is 440 g/mol. The molecule has 0 aromatic heterocycles. The van der Waals surface area contributed by atoms with Crippen LogP contribution in [0.3, 0.4) is 0 Å². The summed E-state index contributed by atoms with van der Waals surface area (Å²) >= 11 is 0. The molecular formula is C22H24N4O6. The van der Waals surface area contributed by atoms with E-state index in [0.29, 0.717) is 28.4 Å². The van der Waals surface area contributed by atoms with Gasteiger partial charge in [0.1, 0.15) is 12.1 Å². The van der Waals surface area contributed by atoms with E-state index in [2.05, 4.69) is 16.0 Å². The van der Waals surface area contributed by atoms with Crippen LogP contribution in [-0.4, -0.2) is 49.4 Å². The summed E-state index contributed by atoms with van der Waals surface area (Å²) in [6, 6.07) is 10.7. The molecule has 10 heteroatoms. The van der Waals surface area contributed by atoms with Gasteiger partial charge in [0.25, 0.3) is 5.91 Å². The molecule has 1 atom stereocenters. The Morgan fingerprint density at radius 1 is 0.969 bits per heavy atom. The van der Waals surface area contributed by atoms with Gasteiger partial charge >= 0.3 is 6.03 Å². The highest BCUT2D eigenvalue weighted by molar-refractivity contribution is 6.10. The van der Waals surface area contributed by atoms with Crippen LogP contribution in [0.25, 0.3) is 0 Å². The van der Waals surface area contributed by atoms with Crippen LogP contribution in [0.15, 0.2) is 42.5 Å². The van der Waals surface area contributed by atoms with Crippen LogP contribution in [0, 0.1) is 0 Å². The van der Waals surface area contributed by atoms with E-state index in [1.54, 1.807) is 49.4 Å². The average molecular weight is 440 g/mol. The van der Waals surface area contributed by atoms with Gasteiger partial charge in [0.15, 0.2) is 11.5 Å². The number of carbonyl (C=O) groups excluding carboxylic acids is 4. The zero-order valence-electron chi connectivity index (χ0n) is 18.1. The number of nitrogens with one attached hydrogen (secondary N) is 3. The lowest BCUT2D eigenvalue weighted by atomic mass is 9.91. The van der Waals surface area contributed by atoms with E-state index in [9.17, 15) is 19.2 Å². The maximum Gasteiger partial charge on any atom is 0.325 e. The Labute approximate surface area is 184 Å². The molecule has 32 heavy (non-hydrogen) atoms. The van der Waals surface area contributed by atoms with Crippen molar-refractivity contribution in [3.05, 3.63) is 48.0 Å². The Kier molecular flexibility index (Phi) is 6.33. The zero-order chi connectivity index (χ0) is 23.5. The van der Waals surface area contributed by atoms with Crippen molar-refractivity contribution in [3.63, 3.8) is 0 Å². The first kappa shape index (κ1) is 22.6. The van der Waals surface area contributed by atoms with Crippen molar-refractivity contribution < 1.29 is 28.7 Å². The second kappa shape index (κ2) is 8.96. The SMILES string of the molecule is COc1ccc(C2(C)NC(=O)N(CC(=O)Nc3ccc(NC(C)=O)cc3)C2=O)cc1OC. The molecule has 3 N–H and O–H groups in total. The molecule has 0 radical (unpaired) electrons. The number of hydrogen-bond donors (Lipinski definition) is 3. The standard InChI is InChI=1S/C22H24N4O6/c1-13(27)23-15-6-8-16(9-7-15)24-19(28)12-26-20(29)22(2,25-21(26)30)14-5-10-17(31-3)18(11-14)32-4/h5-11H,12H2,1-4H3,(H,23,27)(H,24,28)(H,25,30). The molecule has 1 heterocycles. The van der Waals surface area contributed by atoms with Crippen LogP contribution < -0.4 is 25.4 Å². The third-order valence-corrected chi connectivity index (χ3v) is 5.03. The number of benzene rings is 2. The second-order valence-electron chi connectivity index (χ2n) is 7.32. The first-order valence-electron chi connectivity index (χ1n) is 9.72. The summed E-state index contributed by atoms with van der Waals surface area (Å²) in [6.07, 6.45) is 0. The third-order valence-electron chi connectivity index (χ3n) is 5.03. The van der Waals surface area contributed by atoms with Gasteiger partial charge in [-0.1, -0.05) is 6.07 Å². The van der Waals surface area contributed by atoms with Crippen LogP contribution in [-0.2, 0) is 19.9 Å². The molecule has 0 spiro atoms. The van der Waals surface area contributed by atoms with Crippen molar-refractivity contribution in [2.45, 2.75) is 19.4 Å². The molecule has 1 aliphatic heterocycles. The van der Waals surface area contributed by atoms with Gasteiger partial charge in [-0.2, -0.15) is 0 Å². The predicted octanol–water partition coefficient (Wildman–Crippen LogP) is 2.07. The van der Waals surface area contributed by atoms with Gasteiger partial charge < -0.3 is 25.4 Å². The summed E-state index contributed by atoms with van der Waals surface area (Å²) in [7, 11) is 2.97. The highest BCUT2D eigenvalue weighted by Crippen LogP contribution is 2.35. The smallest absolute Gasteiger partial charge is 0.325 e. The lowest BCUT2D eigenvalue weighted by Crippen LogP contribution is -2.42. The van der Waals surface area contributed by atoms with E-state index in [1.807, 2.05) is 0 Å². The van der Waals surface area contributed by atoms with Gasteiger partial charge in [-0.3, -0.25) is 19.3 Å². The zero-order valence-corrected chi connectivity index (χ0v) is 18.1. The molecule has 1 unspecified atom stereocenters. The molecule has 10 nitrogen and oxygen atoms in total. The molecular weight excluding hydrogens is 416 g/mol. The van der Waals surface area contributed by atoms with E-state index in [1.165, 1.54) is 21.1 Å². The number of urea groups is 1. The number of hydrogen-bond acceptors (Lipinski definition) is 6. The number of imide groups is 1. The summed E-state index contributed by atoms with van der Waals surface area (Å²) in [5.41, 5.74) is 0.163. The molecule has 1 aliphatic rings. The van der Waals surface area contributed by atoms with E-state index in [4.69, 9.17) is 9.47 Å². The van der Waals surface area contributed by atoms with Gasteiger partial charge in [-0.25, -0.2) is 4.79 Å². The van der Waals surface area contributed by atoms with Crippen molar-refractivity contribution in [1.82, 2.24) is 10.2 Å². The summed E-state index contributed by atoms with van der Waals surface area (Å²) < 4.78 is 10.5. The number of amides is 5. The number of rotatable bonds is 7. The summed E-state index contributed by atoms with van der Waals surface area (Å²) in [6.45, 7) is 2.50. The fraction of sp³-hybridized carbons (Fsp3) is 0.273. The van der Waals surface area contributed by atoms with Gasteiger partial charge in [-0.15, -0.1) is 0 Å². The molecule has 0 saturated carbocycles. The number of anilines is 2. The number of carbonyl (C=O) groups is 4. The van der Waals surface area contributed by atoms with E-state index >= 15 is 0 Å². The maximum atomic E-state index is 13.1. The molecule has 3 rings (SSSR count). The van der Waals surface area contributed by atoms with E-state index in [-0.39, 0.29) is 5.91 Å². The molecule has 2 aromatic carbocycles. The highest BCUT2D eigenvalue weighted by Gasteiger charge is 2.49. The van der Waals surface area contributed by atoms with Crippen LogP contribution in [0.1, 0.15) is 19.4 Å². The Bertz CT molecular complexity index is 1070. The maximum absolute atomic E-state index is 13.1. The third kappa shape index (κ3) is 4.48. The number of ether oxygens (including phenoxy) is 2. The minimum absolute atomic E-state index is 0.210. The Balaban J connectivity index is 1.72. The Hall–Kier alpha value is -4.08. The van der Waals surface area contributed by atoms with Crippen molar-refractivity contribution in [2.24, 2.45) is 0 Å². The van der Waals surface area contributed by atoms with Gasteiger partial charge in [-0.05, 0) is 48.9 Å². The van der Waals surface area contributed by atoms with Gasteiger partial charge in [0, 0.05) is 18.3 Å². The average Bonchev–Trinajstić information content (AvgIpc) is 2.98. The van der Waals surface area contributed by atoms with Crippen molar-refractivity contribution in [3.8, 4) is 11.5 Å². The summed E-state index contributed by atoms with van der Waals surface area (Å²) in [4.78, 5) is 50.0. The normalized spacial score (nSPS) is 17.6. The van der Waals surface area contributed by atoms with Crippen molar-refractivity contribution >= 4 is 35.1 Å². The summed E-state index contributed by atoms with van der Waals surface area (Å²) in [5, 5.41) is 7.90. The van der Waals surface area contributed by atoms with Gasteiger partial charge in [0.05, 0.1) is 14.2 Å². The first-order chi connectivity index (χ1) is 15.2. The fourth-order valence-electron chi connectivity index (χ4n) is 3.37.